The quantitative estimate of drug-likeness (QED) is 0.192. The average Bonchev–Trinajstić information content (AvgIpc) is 2.78. The van der Waals surface area contributed by atoms with Crippen molar-refractivity contribution >= 4 is 11.6 Å². The molecule has 4 nitrogen and oxygen atoms in total. The van der Waals surface area contributed by atoms with Gasteiger partial charge in [-0.2, -0.15) is 0 Å². The fraction of sp³-hybridized carbons (Fsp3) is 0.400. The first-order valence-corrected chi connectivity index (χ1v) is 11.9. The number of aliphatic hydroxyl groups excluding tert-OH is 2. The van der Waals surface area contributed by atoms with Crippen molar-refractivity contribution < 1.29 is 36.9 Å². The maximum Gasteiger partial charge on any atom is 0.166 e. The van der Waals surface area contributed by atoms with E-state index in [4.69, 9.17) is 0 Å². The summed E-state index contributed by atoms with van der Waals surface area (Å²) in [5, 5.41) is 19.6. The van der Waals surface area contributed by atoms with Crippen LogP contribution in [0, 0.1) is 11.8 Å². The van der Waals surface area contributed by atoms with E-state index >= 15 is 0 Å². The van der Waals surface area contributed by atoms with Crippen LogP contribution in [0.15, 0.2) is 83.3 Å². The maximum absolute atomic E-state index is 11.9. The Morgan fingerprint density at radius 1 is 0.629 bits per heavy atom. The van der Waals surface area contributed by atoms with Crippen LogP contribution in [-0.2, 0) is 39.5 Å². The van der Waals surface area contributed by atoms with E-state index in [9.17, 15) is 19.8 Å². The third kappa shape index (κ3) is 13.2. The number of hydrogen-bond donors (Lipinski definition) is 2. The molecular weight excluding hydrogens is 488 g/mol. The van der Waals surface area contributed by atoms with E-state index in [1.807, 2.05) is 88.4 Å². The van der Waals surface area contributed by atoms with E-state index in [2.05, 4.69) is 0 Å². The van der Waals surface area contributed by atoms with Crippen LogP contribution in [0.5, 0.6) is 0 Å². The van der Waals surface area contributed by atoms with Crippen molar-refractivity contribution in [2.45, 2.75) is 67.2 Å². The number of carbonyl (C=O) groups is 2. The molecule has 0 spiro atoms. The summed E-state index contributed by atoms with van der Waals surface area (Å²) in [6, 6.07) is 19.2. The molecule has 1 radical (unpaired) electrons. The summed E-state index contributed by atoms with van der Waals surface area (Å²) in [6.07, 6.45) is 1.84. The van der Waals surface area contributed by atoms with Crippen LogP contribution in [0.1, 0.15) is 65.5 Å². The molecule has 0 saturated heterocycles. The molecule has 0 aliphatic heterocycles. The molecule has 0 saturated carbocycles. The summed E-state index contributed by atoms with van der Waals surface area (Å²) in [5.74, 6) is 1.15. The Labute approximate surface area is 221 Å². The molecule has 5 heteroatoms. The van der Waals surface area contributed by atoms with Crippen molar-refractivity contribution in [3.63, 3.8) is 0 Å². The minimum Gasteiger partial charge on any atom is -0.512 e. The monoisotopic (exact) mass is 527 g/mol. The Hall–Kier alpha value is -2.62. The van der Waals surface area contributed by atoms with Crippen LogP contribution >= 0.6 is 0 Å². The van der Waals surface area contributed by atoms with Gasteiger partial charge in [0.2, 0.25) is 0 Å². The maximum atomic E-state index is 11.9. The molecule has 0 heterocycles. The molecule has 195 valence electrons. The molecule has 0 atom stereocenters. The summed E-state index contributed by atoms with van der Waals surface area (Å²) >= 11 is 0. The van der Waals surface area contributed by atoms with Crippen molar-refractivity contribution in [2.24, 2.45) is 11.8 Å². The number of benzene rings is 2. The van der Waals surface area contributed by atoms with Gasteiger partial charge in [-0.1, -0.05) is 88.4 Å². The fourth-order valence-corrected chi connectivity index (χ4v) is 3.23. The van der Waals surface area contributed by atoms with Crippen molar-refractivity contribution in [1.29, 1.82) is 0 Å². The van der Waals surface area contributed by atoms with Crippen LogP contribution in [0.2, 0.25) is 0 Å². The zero-order chi connectivity index (χ0) is 25.7. The number of ketones is 2. The fourth-order valence-electron chi connectivity index (χ4n) is 3.23. The molecule has 0 aliphatic carbocycles. The van der Waals surface area contributed by atoms with Crippen LogP contribution < -0.4 is 0 Å². The second kappa shape index (κ2) is 16.9. The topological polar surface area (TPSA) is 74.6 Å². The second-order valence-corrected chi connectivity index (χ2v) is 9.51. The molecule has 0 bridgehead atoms. The Morgan fingerprint density at radius 3 is 1.17 bits per heavy atom. The molecule has 2 rings (SSSR count). The van der Waals surface area contributed by atoms with E-state index < -0.39 is 0 Å². The average molecular weight is 528 g/mol. The molecule has 0 unspecified atom stereocenters. The van der Waals surface area contributed by atoms with Gasteiger partial charge >= 0.3 is 0 Å². The van der Waals surface area contributed by atoms with Gasteiger partial charge < -0.3 is 10.2 Å². The third-order valence-corrected chi connectivity index (χ3v) is 5.32. The first-order valence-electron chi connectivity index (χ1n) is 11.9. The molecule has 35 heavy (non-hydrogen) atoms. The molecule has 2 aromatic carbocycles. The molecule has 0 amide bonds. The van der Waals surface area contributed by atoms with Gasteiger partial charge in [0, 0.05) is 53.9 Å². The normalized spacial score (nSPS) is 12.1. The first kappa shape index (κ1) is 32.4. The molecule has 0 aromatic heterocycles. The third-order valence-electron chi connectivity index (χ3n) is 5.32. The van der Waals surface area contributed by atoms with Gasteiger partial charge in [-0.3, -0.25) is 9.59 Å². The summed E-state index contributed by atoms with van der Waals surface area (Å²) in [4.78, 5) is 23.8. The van der Waals surface area contributed by atoms with Crippen LogP contribution in [0.25, 0.3) is 0 Å². The van der Waals surface area contributed by atoms with E-state index in [-0.39, 0.29) is 40.2 Å². The molecular formula is C30H40CuO4. The van der Waals surface area contributed by atoms with E-state index in [1.54, 1.807) is 13.8 Å². The number of Topliss-reactive ketones (excluding diaryl/α,β-unsaturated/α-hetero) is 2. The molecule has 0 aliphatic rings. The number of aliphatic hydroxyl groups is 2. The van der Waals surface area contributed by atoms with Crippen molar-refractivity contribution in [3.8, 4) is 0 Å². The summed E-state index contributed by atoms with van der Waals surface area (Å²) in [6.45, 7) is 11.5. The Balaban J connectivity index is 0.000000642. The number of allylic oxidation sites excluding steroid dienone is 4. The number of carbonyl (C=O) groups excluding carboxylic acids is 2. The second-order valence-electron chi connectivity index (χ2n) is 9.51. The first-order chi connectivity index (χ1) is 16.0. The Morgan fingerprint density at radius 2 is 0.914 bits per heavy atom. The minimum absolute atomic E-state index is 0. The predicted octanol–water partition coefficient (Wildman–Crippen LogP) is 7.35. The Bertz CT molecular complexity index is 892. The van der Waals surface area contributed by atoms with Gasteiger partial charge in [-0.05, 0) is 36.8 Å². The van der Waals surface area contributed by atoms with Gasteiger partial charge in [-0.15, -0.1) is 0 Å². The zero-order valence-corrected chi connectivity index (χ0v) is 22.7. The van der Waals surface area contributed by atoms with Gasteiger partial charge in [0.25, 0.3) is 0 Å². The summed E-state index contributed by atoms with van der Waals surface area (Å²) < 4.78 is 0. The molecule has 2 N–H and O–H groups in total. The largest absolute Gasteiger partial charge is 0.512 e. The van der Waals surface area contributed by atoms with Crippen molar-refractivity contribution in [2.75, 3.05) is 0 Å². The summed E-state index contributed by atoms with van der Waals surface area (Å²) in [5.41, 5.74) is 2.94. The standard InChI is InChI=1S/2C15H20O2.Cu/c2*1-11(2)9-14(16)12(3)15(17)10-13-7-5-4-6-8-13;/h2*4-8,11,16H,9-10H2,1-3H3;/b2*14-12-;. The summed E-state index contributed by atoms with van der Waals surface area (Å²) in [7, 11) is 0. The number of rotatable bonds is 10. The van der Waals surface area contributed by atoms with Crippen molar-refractivity contribution in [1.82, 2.24) is 0 Å². The van der Waals surface area contributed by atoms with Crippen molar-refractivity contribution in [3.05, 3.63) is 94.5 Å². The predicted molar refractivity (Wildman–Crippen MR) is 140 cm³/mol. The Kier molecular flexibility index (Phi) is 15.6. The minimum atomic E-state index is -0.00523. The van der Waals surface area contributed by atoms with Gasteiger partial charge in [0.1, 0.15) is 0 Å². The SMILES string of the molecule is C/C(C(=O)Cc1ccccc1)=C(/O)CC(C)C.C/C(C(=O)Cc1ccccc1)=C(/O)CC(C)C.[Cu]. The van der Waals surface area contributed by atoms with Crippen LogP contribution in [0.4, 0.5) is 0 Å². The van der Waals surface area contributed by atoms with Gasteiger partial charge in [0.05, 0.1) is 11.5 Å². The molecule has 0 fully saturated rings. The van der Waals surface area contributed by atoms with E-state index in [0.717, 1.165) is 11.1 Å². The van der Waals surface area contributed by atoms with Crippen LogP contribution in [0.3, 0.4) is 0 Å². The van der Waals surface area contributed by atoms with Gasteiger partial charge in [0.15, 0.2) is 11.6 Å². The van der Waals surface area contributed by atoms with E-state index in [0.29, 0.717) is 48.7 Å². The van der Waals surface area contributed by atoms with Crippen LogP contribution in [-0.4, -0.2) is 21.8 Å². The number of hydrogen-bond acceptors (Lipinski definition) is 4. The molecule has 2 aromatic rings. The zero-order valence-electron chi connectivity index (χ0n) is 21.8. The van der Waals surface area contributed by atoms with Gasteiger partial charge in [-0.25, -0.2) is 0 Å². The smallest absolute Gasteiger partial charge is 0.166 e. The van der Waals surface area contributed by atoms with E-state index in [1.165, 1.54) is 0 Å².